The molecule has 2 rings (SSSR count). The standard InChI is InChI=1S/C9H14O3S/c1-2-13(10,11)12-9-6-7-3-4-8(9)5-7/h3-4,7-9H,2,5-6H2,1H3. The molecule has 3 nitrogen and oxygen atoms in total. The molecule has 2 aliphatic carbocycles. The monoisotopic (exact) mass is 202 g/mol. The van der Waals surface area contributed by atoms with Crippen molar-refractivity contribution >= 4 is 10.1 Å². The van der Waals surface area contributed by atoms with Gasteiger partial charge in [0.2, 0.25) is 0 Å². The summed E-state index contributed by atoms with van der Waals surface area (Å²) < 4.78 is 27.5. The molecule has 0 amide bonds. The fourth-order valence-corrected chi connectivity index (χ4v) is 2.83. The van der Waals surface area contributed by atoms with Crippen LogP contribution in [0.2, 0.25) is 0 Å². The fraction of sp³-hybridized carbons (Fsp3) is 0.778. The predicted octanol–water partition coefficient (Wildman–Crippen LogP) is 1.32. The second kappa shape index (κ2) is 3.10. The van der Waals surface area contributed by atoms with Gasteiger partial charge in [-0.15, -0.1) is 0 Å². The Morgan fingerprint density at radius 3 is 2.62 bits per heavy atom. The Labute approximate surface area is 78.9 Å². The molecule has 0 spiro atoms. The molecule has 0 heterocycles. The SMILES string of the molecule is CCS(=O)(=O)OC1CC2C=CC1C2. The number of allylic oxidation sites excluding steroid dienone is 1. The molecular weight excluding hydrogens is 188 g/mol. The molecule has 0 radical (unpaired) electrons. The predicted molar refractivity (Wildman–Crippen MR) is 49.7 cm³/mol. The first kappa shape index (κ1) is 9.21. The molecule has 0 aliphatic heterocycles. The highest BCUT2D eigenvalue weighted by Crippen LogP contribution is 2.41. The Balaban J connectivity index is 2.02. The van der Waals surface area contributed by atoms with Gasteiger partial charge in [-0.3, -0.25) is 4.18 Å². The second-order valence-electron chi connectivity index (χ2n) is 3.76. The Morgan fingerprint density at radius 1 is 1.38 bits per heavy atom. The summed E-state index contributed by atoms with van der Waals surface area (Å²) in [5.74, 6) is 0.971. The molecule has 13 heavy (non-hydrogen) atoms. The van der Waals surface area contributed by atoms with Crippen molar-refractivity contribution in [2.24, 2.45) is 11.8 Å². The summed E-state index contributed by atoms with van der Waals surface area (Å²) >= 11 is 0. The third kappa shape index (κ3) is 1.79. The van der Waals surface area contributed by atoms with Gasteiger partial charge in [0.1, 0.15) is 0 Å². The summed E-state index contributed by atoms with van der Waals surface area (Å²) in [6.45, 7) is 1.61. The first-order valence-electron chi connectivity index (χ1n) is 4.70. The zero-order chi connectivity index (χ0) is 9.47. The topological polar surface area (TPSA) is 43.4 Å². The van der Waals surface area contributed by atoms with Gasteiger partial charge in [-0.05, 0) is 25.7 Å². The minimum absolute atomic E-state index is 0.0740. The van der Waals surface area contributed by atoms with Gasteiger partial charge >= 0.3 is 0 Å². The maximum Gasteiger partial charge on any atom is 0.267 e. The zero-order valence-corrected chi connectivity index (χ0v) is 8.46. The maximum atomic E-state index is 11.2. The molecule has 0 aromatic carbocycles. The van der Waals surface area contributed by atoms with Crippen molar-refractivity contribution in [1.82, 2.24) is 0 Å². The molecule has 74 valence electrons. The molecule has 0 aromatic rings. The van der Waals surface area contributed by atoms with Gasteiger partial charge in [0.15, 0.2) is 0 Å². The van der Waals surface area contributed by atoms with Crippen LogP contribution in [-0.2, 0) is 14.3 Å². The zero-order valence-electron chi connectivity index (χ0n) is 7.64. The highest BCUT2D eigenvalue weighted by Gasteiger charge is 2.38. The van der Waals surface area contributed by atoms with E-state index in [0.717, 1.165) is 12.8 Å². The third-order valence-electron chi connectivity index (χ3n) is 2.84. The quantitative estimate of drug-likeness (QED) is 0.512. The van der Waals surface area contributed by atoms with Gasteiger partial charge in [-0.1, -0.05) is 12.2 Å². The van der Waals surface area contributed by atoms with E-state index in [-0.39, 0.29) is 11.9 Å². The van der Waals surface area contributed by atoms with Crippen LogP contribution >= 0.6 is 0 Å². The average Bonchev–Trinajstić information content (AvgIpc) is 2.64. The molecule has 0 N–H and O–H groups in total. The van der Waals surface area contributed by atoms with Crippen molar-refractivity contribution < 1.29 is 12.6 Å². The minimum Gasteiger partial charge on any atom is -0.266 e. The fourth-order valence-electron chi connectivity index (χ4n) is 2.10. The molecule has 1 fully saturated rings. The molecule has 4 heteroatoms. The van der Waals surface area contributed by atoms with Crippen LogP contribution in [0.15, 0.2) is 12.2 Å². The van der Waals surface area contributed by atoms with Gasteiger partial charge < -0.3 is 0 Å². The number of hydrogen-bond acceptors (Lipinski definition) is 3. The highest BCUT2D eigenvalue weighted by molar-refractivity contribution is 7.86. The van der Waals surface area contributed by atoms with E-state index in [9.17, 15) is 8.42 Å². The van der Waals surface area contributed by atoms with Gasteiger partial charge in [0.25, 0.3) is 10.1 Å². The molecule has 0 aromatic heterocycles. The molecule has 1 saturated carbocycles. The summed E-state index contributed by atoms with van der Waals surface area (Å²) in [6, 6.07) is 0. The van der Waals surface area contributed by atoms with Crippen molar-refractivity contribution in [3.05, 3.63) is 12.2 Å². The first-order chi connectivity index (χ1) is 6.11. The molecular formula is C9H14O3S. The van der Waals surface area contributed by atoms with Crippen molar-refractivity contribution in [3.8, 4) is 0 Å². The molecule has 3 unspecified atom stereocenters. The van der Waals surface area contributed by atoms with Crippen molar-refractivity contribution in [1.29, 1.82) is 0 Å². The lowest BCUT2D eigenvalue weighted by Crippen LogP contribution is -2.23. The largest absolute Gasteiger partial charge is 0.267 e. The van der Waals surface area contributed by atoms with E-state index in [1.165, 1.54) is 0 Å². The lowest BCUT2D eigenvalue weighted by Gasteiger charge is -2.17. The van der Waals surface area contributed by atoms with E-state index in [0.29, 0.717) is 11.8 Å². The Morgan fingerprint density at radius 2 is 2.15 bits per heavy atom. The van der Waals surface area contributed by atoms with E-state index in [1.54, 1.807) is 6.92 Å². The summed E-state index contributed by atoms with van der Waals surface area (Å²) in [7, 11) is -3.26. The van der Waals surface area contributed by atoms with Crippen LogP contribution in [0.1, 0.15) is 19.8 Å². The molecule has 0 saturated heterocycles. The summed E-state index contributed by atoms with van der Waals surface area (Å²) in [4.78, 5) is 0. The lowest BCUT2D eigenvalue weighted by atomic mass is 10.1. The van der Waals surface area contributed by atoms with E-state index in [4.69, 9.17) is 4.18 Å². The minimum atomic E-state index is -3.26. The summed E-state index contributed by atoms with van der Waals surface area (Å²) in [5, 5.41) is 0. The second-order valence-corrected chi connectivity index (χ2v) is 5.65. The van der Waals surface area contributed by atoms with E-state index in [2.05, 4.69) is 12.2 Å². The van der Waals surface area contributed by atoms with Crippen molar-refractivity contribution in [3.63, 3.8) is 0 Å². The Hall–Kier alpha value is -0.350. The van der Waals surface area contributed by atoms with Gasteiger partial charge in [-0.25, -0.2) is 0 Å². The number of hydrogen-bond donors (Lipinski definition) is 0. The maximum absolute atomic E-state index is 11.2. The van der Waals surface area contributed by atoms with E-state index >= 15 is 0 Å². The van der Waals surface area contributed by atoms with E-state index in [1.807, 2.05) is 0 Å². The van der Waals surface area contributed by atoms with Crippen molar-refractivity contribution in [2.45, 2.75) is 25.9 Å². The van der Waals surface area contributed by atoms with Gasteiger partial charge in [0, 0.05) is 5.92 Å². The first-order valence-corrected chi connectivity index (χ1v) is 6.28. The number of rotatable bonds is 3. The van der Waals surface area contributed by atoms with Crippen LogP contribution in [0.3, 0.4) is 0 Å². The Bertz CT molecular complexity index is 318. The van der Waals surface area contributed by atoms with Crippen LogP contribution in [0.5, 0.6) is 0 Å². The normalized spacial score (nSPS) is 37.2. The lowest BCUT2D eigenvalue weighted by molar-refractivity contribution is 0.183. The summed E-state index contributed by atoms with van der Waals surface area (Å²) in [5.41, 5.74) is 0. The van der Waals surface area contributed by atoms with Crippen LogP contribution in [-0.4, -0.2) is 20.3 Å². The summed E-state index contributed by atoms with van der Waals surface area (Å²) in [6.07, 6.45) is 6.12. The van der Waals surface area contributed by atoms with Crippen molar-refractivity contribution in [2.75, 3.05) is 5.75 Å². The van der Waals surface area contributed by atoms with Crippen LogP contribution < -0.4 is 0 Å². The molecule has 2 aliphatic rings. The third-order valence-corrected chi connectivity index (χ3v) is 4.09. The highest BCUT2D eigenvalue weighted by atomic mass is 32.2. The number of fused-ring (bicyclic) bond motifs is 2. The van der Waals surface area contributed by atoms with E-state index < -0.39 is 10.1 Å². The van der Waals surface area contributed by atoms with Crippen LogP contribution in [0, 0.1) is 11.8 Å². The average molecular weight is 202 g/mol. The Kier molecular flexibility index (Phi) is 2.20. The molecule has 2 bridgehead atoms. The smallest absolute Gasteiger partial charge is 0.266 e. The van der Waals surface area contributed by atoms with Gasteiger partial charge in [-0.2, -0.15) is 8.42 Å². The van der Waals surface area contributed by atoms with Crippen LogP contribution in [0.4, 0.5) is 0 Å². The van der Waals surface area contributed by atoms with Crippen LogP contribution in [0.25, 0.3) is 0 Å². The van der Waals surface area contributed by atoms with Gasteiger partial charge in [0.05, 0.1) is 11.9 Å². The molecule has 3 atom stereocenters.